The van der Waals surface area contributed by atoms with Crippen LogP contribution in [0.1, 0.15) is 52.4 Å². The fourth-order valence-corrected chi connectivity index (χ4v) is 5.61. The fraction of sp³-hybridized carbons (Fsp3) is 0.929. The fourth-order valence-electron chi connectivity index (χ4n) is 5.61. The zero-order valence-corrected chi connectivity index (χ0v) is 10.3. The maximum atomic E-state index is 11.1. The minimum absolute atomic E-state index is 0.00155. The standard InChI is InChI=1S/C14H21NO/c1-12-6-10-5-11(7-12)9-13(2,8-10)14(12,16)3-4-15/h10-11,16H,3,5-9H2,1-2H3. The zero-order chi connectivity index (χ0) is 11.6. The molecule has 4 fully saturated rings. The van der Waals surface area contributed by atoms with E-state index in [1.807, 2.05) is 0 Å². The van der Waals surface area contributed by atoms with Crippen molar-refractivity contribution in [2.24, 2.45) is 22.7 Å². The van der Waals surface area contributed by atoms with Gasteiger partial charge in [0, 0.05) is 0 Å². The highest BCUT2D eigenvalue weighted by Crippen LogP contribution is 2.70. The van der Waals surface area contributed by atoms with Crippen LogP contribution in [0.3, 0.4) is 0 Å². The number of rotatable bonds is 1. The van der Waals surface area contributed by atoms with Crippen LogP contribution < -0.4 is 0 Å². The first-order valence-corrected chi connectivity index (χ1v) is 6.52. The van der Waals surface area contributed by atoms with Gasteiger partial charge in [0.15, 0.2) is 0 Å². The number of nitriles is 1. The van der Waals surface area contributed by atoms with Crippen molar-refractivity contribution >= 4 is 0 Å². The summed E-state index contributed by atoms with van der Waals surface area (Å²) in [7, 11) is 0. The lowest BCUT2D eigenvalue weighted by Gasteiger charge is -2.68. The predicted octanol–water partition coefficient (Wildman–Crippen LogP) is 2.87. The molecule has 2 nitrogen and oxygen atoms in total. The van der Waals surface area contributed by atoms with Crippen molar-refractivity contribution in [2.45, 2.75) is 58.0 Å². The van der Waals surface area contributed by atoms with Crippen molar-refractivity contribution in [3.05, 3.63) is 0 Å². The summed E-state index contributed by atoms with van der Waals surface area (Å²) in [5.41, 5.74) is -0.731. The van der Waals surface area contributed by atoms with Crippen molar-refractivity contribution in [3.8, 4) is 6.07 Å². The molecule has 2 heteroatoms. The summed E-state index contributed by atoms with van der Waals surface area (Å²) in [4.78, 5) is 0. The molecule has 0 aliphatic heterocycles. The quantitative estimate of drug-likeness (QED) is 0.737. The lowest BCUT2D eigenvalue weighted by atomic mass is 9.38. The molecule has 88 valence electrons. The lowest BCUT2D eigenvalue weighted by molar-refractivity contribution is -0.262. The zero-order valence-electron chi connectivity index (χ0n) is 10.3. The topological polar surface area (TPSA) is 44.0 Å². The largest absolute Gasteiger partial charge is 0.388 e. The van der Waals surface area contributed by atoms with Crippen LogP contribution in [0, 0.1) is 34.0 Å². The third-order valence-electron chi connectivity index (χ3n) is 5.96. The number of aliphatic hydroxyl groups is 1. The minimum atomic E-state index is -0.734. The molecule has 4 aliphatic rings. The third kappa shape index (κ3) is 1.01. The average molecular weight is 219 g/mol. The third-order valence-corrected chi connectivity index (χ3v) is 5.96. The summed E-state index contributed by atoms with van der Waals surface area (Å²) >= 11 is 0. The first-order valence-electron chi connectivity index (χ1n) is 6.52. The van der Waals surface area contributed by atoms with Gasteiger partial charge in [0.25, 0.3) is 0 Å². The molecule has 4 rings (SSSR count). The molecule has 0 unspecified atom stereocenters. The Balaban J connectivity index is 2.08. The van der Waals surface area contributed by atoms with Gasteiger partial charge in [-0.1, -0.05) is 13.8 Å². The molecule has 0 heterocycles. The van der Waals surface area contributed by atoms with Gasteiger partial charge < -0.3 is 5.11 Å². The van der Waals surface area contributed by atoms with Crippen LogP contribution in [0.5, 0.6) is 0 Å². The van der Waals surface area contributed by atoms with Crippen LogP contribution in [0.2, 0.25) is 0 Å². The van der Waals surface area contributed by atoms with E-state index in [9.17, 15) is 5.11 Å². The molecular weight excluding hydrogens is 198 g/mol. The molecule has 1 N–H and O–H groups in total. The molecule has 0 spiro atoms. The summed E-state index contributed by atoms with van der Waals surface area (Å²) in [5, 5.41) is 20.1. The van der Waals surface area contributed by atoms with Crippen molar-refractivity contribution in [1.82, 2.24) is 0 Å². The Morgan fingerprint density at radius 2 is 1.56 bits per heavy atom. The monoisotopic (exact) mass is 219 g/mol. The van der Waals surface area contributed by atoms with Crippen LogP contribution in [-0.2, 0) is 0 Å². The maximum Gasteiger partial charge on any atom is 0.0883 e. The lowest BCUT2D eigenvalue weighted by Crippen LogP contribution is -2.68. The molecule has 0 saturated heterocycles. The Morgan fingerprint density at radius 3 is 1.94 bits per heavy atom. The molecular formula is C14H21NO. The average Bonchev–Trinajstić information content (AvgIpc) is 2.13. The smallest absolute Gasteiger partial charge is 0.0883 e. The van der Waals surface area contributed by atoms with Crippen molar-refractivity contribution in [2.75, 3.05) is 0 Å². The van der Waals surface area contributed by atoms with Gasteiger partial charge in [-0.05, 0) is 54.8 Å². The number of nitrogens with zero attached hydrogens (tertiary/aromatic N) is 1. The highest BCUT2D eigenvalue weighted by atomic mass is 16.3. The highest BCUT2D eigenvalue weighted by molar-refractivity contribution is 5.19. The Kier molecular flexibility index (Phi) is 1.87. The van der Waals surface area contributed by atoms with E-state index in [0.717, 1.165) is 37.5 Å². The van der Waals surface area contributed by atoms with Gasteiger partial charge in [0.2, 0.25) is 0 Å². The van der Waals surface area contributed by atoms with E-state index < -0.39 is 5.60 Å². The molecule has 0 aromatic carbocycles. The van der Waals surface area contributed by atoms with Gasteiger partial charge in [0.1, 0.15) is 0 Å². The second-order valence-corrected chi connectivity index (χ2v) is 7.10. The van der Waals surface area contributed by atoms with Gasteiger partial charge in [-0.25, -0.2) is 0 Å². The first kappa shape index (κ1) is 10.6. The second kappa shape index (κ2) is 2.82. The van der Waals surface area contributed by atoms with E-state index in [4.69, 9.17) is 5.26 Å². The van der Waals surface area contributed by atoms with Gasteiger partial charge >= 0.3 is 0 Å². The number of hydrogen-bond donors (Lipinski definition) is 1. The van der Waals surface area contributed by atoms with E-state index >= 15 is 0 Å². The number of hydrogen-bond acceptors (Lipinski definition) is 2. The van der Waals surface area contributed by atoms with Crippen LogP contribution in [0.4, 0.5) is 0 Å². The molecule has 0 amide bonds. The molecule has 0 aromatic heterocycles. The van der Waals surface area contributed by atoms with Crippen molar-refractivity contribution in [3.63, 3.8) is 0 Å². The van der Waals surface area contributed by atoms with Gasteiger partial charge in [-0.15, -0.1) is 0 Å². The summed E-state index contributed by atoms with van der Waals surface area (Å²) in [6.07, 6.45) is 6.23. The summed E-state index contributed by atoms with van der Waals surface area (Å²) in [6.45, 7) is 4.44. The second-order valence-electron chi connectivity index (χ2n) is 7.10. The van der Waals surface area contributed by atoms with Gasteiger partial charge in [-0.3, -0.25) is 0 Å². The predicted molar refractivity (Wildman–Crippen MR) is 61.5 cm³/mol. The Hall–Kier alpha value is -0.550. The molecule has 16 heavy (non-hydrogen) atoms. The van der Waals surface area contributed by atoms with Crippen LogP contribution in [0.25, 0.3) is 0 Å². The summed E-state index contributed by atoms with van der Waals surface area (Å²) < 4.78 is 0. The normalized spacial score (nSPS) is 58.6. The first-order chi connectivity index (χ1) is 7.42. The van der Waals surface area contributed by atoms with Crippen LogP contribution in [-0.4, -0.2) is 10.7 Å². The molecule has 4 saturated carbocycles. The van der Waals surface area contributed by atoms with E-state index in [2.05, 4.69) is 19.9 Å². The summed E-state index contributed by atoms with van der Waals surface area (Å²) in [5.74, 6) is 1.61. The van der Waals surface area contributed by atoms with Crippen LogP contribution >= 0.6 is 0 Å². The Bertz CT molecular complexity index is 331. The van der Waals surface area contributed by atoms with E-state index in [-0.39, 0.29) is 10.8 Å². The molecule has 4 bridgehead atoms. The van der Waals surface area contributed by atoms with E-state index in [1.165, 1.54) is 6.42 Å². The van der Waals surface area contributed by atoms with Crippen molar-refractivity contribution < 1.29 is 5.11 Å². The Labute approximate surface area is 97.7 Å². The Morgan fingerprint density at radius 1 is 1.12 bits per heavy atom. The molecule has 0 aromatic rings. The van der Waals surface area contributed by atoms with Crippen LogP contribution in [0.15, 0.2) is 0 Å². The van der Waals surface area contributed by atoms with Gasteiger partial charge in [-0.2, -0.15) is 5.26 Å². The van der Waals surface area contributed by atoms with E-state index in [1.54, 1.807) is 0 Å². The molecule has 0 atom stereocenters. The molecule has 0 radical (unpaired) electrons. The maximum absolute atomic E-state index is 11.1. The van der Waals surface area contributed by atoms with Crippen molar-refractivity contribution in [1.29, 1.82) is 5.26 Å². The minimum Gasteiger partial charge on any atom is -0.388 e. The van der Waals surface area contributed by atoms with Gasteiger partial charge in [0.05, 0.1) is 18.1 Å². The van der Waals surface area contributed by atoms with E-state index in [0.29, 0.717) is 6.42 Å². The molecule has 4 aliphatic carbocycles. The SMILES string of the molecule is CC12CC3CC(C1)CC(C)(C3)C2(O)CC#N. The highest BCUT2D eigenvalue weighted by Gasteiger charge is 2.67. The summed E-state index contributed by atoms with van der Waals surface area (Å²) in [6, 6.07) is 2.24.